The minimum atomic E-state index is -0.622. The van der Waals surface area contributed by atoms with Crippen molar-refractivity contribution in [3.05, 3.63) is 28.2 Å². The fraction of sp³-hybridized carbons (Fsp3) is 0.588. The molecule has 0 atom stereocenters. The van der Waals surface area contributed by atoms with Crippen LogP contribution >= 0.6 is 15.9 Å². The molecule has 0 aliphatic carbocycles. The number of nitrogens with zero attached hydrogens (tertiary/aromatic N) is 1. The maximum absolute atomic E-state index is 12.0. The van der Waals surface area contributed by atoms with Crippen LogP contribution in [0.25, 0.3) is 0 Å². The first kappa shape index (κ1) is 16.6. The molecule has 126 valence electrons. The Morgan fingerprint density at radius 3 is 2.83 bits per heavy atom. The number of hydrogen-bond acceptors (Lipinski definition) is 4. The lowest BCUT2D eigenvalue weighted by Crippen LogP contribution is -2.52. The second kappa shape index (κ2) is 6.69. The summed E-state index contributed by atoms with van der Waals surface area (Å²) in [6, 6.07) is 5.96. The van der Waals surface area contributed by atoms with E-state index in [2.05, 4.69) is 15.9 Å². The van der Waals surface area contributed by atoms with Gasteiger partial charge in [-0.3, -0.25) is 0 Å². The fourth-order valence-electron chi connectivity index (χ4n) is 2.79. The van der Waals surface area contributed by atoms with Crippen molar-refractivity contribution in [1.29, 1.82) is 0 Å². The monoisotopic (exact) mass is 383 g/mol. The molecule has 1 saturated heterocycles. The van der Waals surface area contributed by atoms with E-state index >= 15 is 0 Å². The zero-order chi connectivity index (χ0) is 16.4. The second-order valence-electron chi connectivity index (χ2n) is 6.51. The van der Waals surface area contributed by atoms with E-state index in [4.69, 9.17) is 14.2 Å². The van der Waals surface area contributed by atoms with Gasteiger partial charge in [0.05, 0.1) is 13.2 Å². The fourth-order valence-corrected chi connectivity index (χ4v) is 3.13. The number of hydrogen-bond donors (Lipinski definition) is 0. The minimum absolute atomic E-state index is 0.243. The lowest BCUT2D eigenvalue weighted by atomic mass is 10.0. The van der Waals surface area contributed by atoms with Crippen LogP contribution in [0.2, 0.25) is 0 Å². The molecule has 0 saturated carbocycles. The zero-order valence-electron chi connectivity index (χ0n) is 13.5. The lowest BCUT2D eigenvalue weighted by Gasteiger charge is -2.43. The van der Waals surface area contributed by atoms with Crippen LogP contribution in [0.15, 0.2) is 22.7 Å². The molecular formula is C17H22BrNO4. The topological polar surface area (TPSA) is 48.0 Å². The number of carbonyl (C=O) groups excluding carboxylic acids is 1. The molecule has 2 heterocycles. The van der Waals surface area contributed by atoms with Gasteiger partial charge in [0, 0.05) is 36.0 Å². The first-order chi connectivity index (χ1) is 11.0. The van der Waals surface area contributed by atoms with Gasteiger partial charge in [0.15, 0.2) is 0 Å². The Bertz CT molecular complexity index is 582. The van der Waals surface area contributed by atoms with Gasteiger partial charge in [0.2, 0.25) is 5.79 Å². The van der Waals surface area contributed by atoms with Gasteiger partial charge in [-0.05, 0) is 18.1 Å². The maximum atomic E-state index is 12.0. The molecule has 0 radical (unpaired) electrons. The molecule has 0 unspecified atom stereocenters. The van der Waals surface area contributed by atoms with Crippen LogP contribution in [-0.2, 0) is 16.1 Å². The summed E-state index contributed by atoms with van der Waals surface area (Å²) in [7, 11) is 0. The van der Waals surface area contributed by atoms with Gasteiger partial charge in [-0.2, -0.15) is 0 Å². The summed E-state index contributed by atoms with van der Waals surface area (Å²) < 4.78 is 18.4. The van der Waals surface area contributed by atoms with Gasteiger partial charge in [-0.15, -0.1) is 0 Å². The number of rotatable bonds is 2. The van der Waals surface area contributed by atoms with E-state index in [9.17, 15) is 4.79 Å². The lowest BCUT2D eigenvalue weighted by molar-refractivity contribution is -0.226. The third-order valence-corrected chi connectivity index (χ3v) is 4.63. The van der Waals surface area contributed by atoms with Gasteiger partial charge in [-0.1, -0.05) is 35.8 Å². The Balaban J connectivity index is 1.59. The number of halogens is 1. The van der Waals surface area contributed by atoms with Gasteiger partial charge < -0.3 is 19.1 Å². The summed E-state index contributed by atoms with van der Waals surface area (Å²) in [6.45, 7) is 6.21. The molecule has 0 N–H and O–H groups in total. The van der Waals surface area contributed by atoms with Crippen molar-refractivity contribution >= 4 is 22.0 Å². The zero-order valence-corrected chi connectivity index (χ0v) is 15.1. The quantitative estimate of drug-likeness (QED) is 0.775. The SMILES string of the molecule is CC(C)COC(=O)N1CCC2(CC1)OCc1ccc(Br)cc1O2. The highest BCUT2D eigenvalue weighted by molar-refractivity contribution is 9.10. The molecule has 0 aromatic heterocycles. The van der Waals surface area contributed by atoms with Crippen molar-refractivity contribution in [3.8, 4) is 5.75 Å². The van der Waals surface area contributed by atoms with E-state index in [-0.39, 0.29) is 6.09 Å². The molecule has 1 amide bonds. The molecule has 2 aliphatic rings. The van der Waals surface area contributed by atoms with Gasteiger partial charge in [0.25, 0.3) is 0 Å². The molecule has 1 fully saturated rings. The van der Waals surface area contributed by atoms with Crippen LogP contribution in [0.5, 0.6) is 5.75 Å². The summed E-state index contributed by atoms with van der Waals surface area (Å²) in [6.07, 6.45) is 1.05. The highest BCUT2D eigenvalue weighted by Crippen LogP contribution is 2.38. The largest absolute Gasteiger partial charge is 0.462 e. The number of likely N-dealkylation sites (tertiary alicyclic amines) is 1. The first-order valence-electron chi connectivity index (χ1n) is 8.00. The Hall–Kier alpha value is -1.27. The normalized spacial score (nSPS) is 19.4. The number of benzene rings is 1. The highest BCUT2D eigenvalue weighted by atomic mass is 79.9. The number of carbonyl (C=O) groups is 1. The summed E-state index contributed by atoms with van der Waals surface area (Å²) >= 11 is 3.47. The molecule has 1 aromatic rings. The van der Waals surface area contributed by atoms with E-state index in [1.54, 1.807) is 4.90 Å². The van der Waals surface area contributed by atoms with Crippen LogP contribution < -0.4 is 4.74 Å². The van der Waals surface area contributed by atoms with E-state index in [0.717, 1.165) is 15.8 Å². The molecular weight excluding hydrogens is 362 g/mol. The number of ether oxygens (including phenoxy) is 3. The van der Waals surface area contributed by atoms with Crippen molar-refractivity contribution < 1.29 is 19.0 Å². The van der Waals surface area contributed by atoms with E-state index < -0.39 is 5.79 Å². The summed E-state index contributed by atoms with van der Waals surface area (Å²) in [4.78, 5) is 13.8. The van der Waals surface area contributed by atoms with Gasteiger partial charge in [0.1, 0.15) is 5.75 Å². The number of fused-ring (bicyclic) bond motifs is 1. The summed E-state index contributed by atoms with van der Waals surface area (Å²) in [5.41, 5.74) is 1.05. The van der Waals surface area contributed by atoms with E-state index in [1.807, 2.05) is 32.0 Å². The standard InChI is InChI=1S/C17H22BrNO4/c1-12(2)10-21-16(20)19-7-5-17(6-8-19)22-11-13-3-4-14(18)9-15(13)23-17/h3-4,9,12H,5-8,10-11H2,1-2H3. The summed E-state index contributed by atoms with van der Waals surface area (Å²) in [5.74, 6) is 0.583. The number of amides is 1. The second-order valence-corrected chi connectivity index (χ2v) is 7.43. The van der Waals surface area contributed by atoms with Crippen molar-refractivity contribution in [2.75, 3.05) is 19.7 Å². The molecule has 6 heteroatoms. The molecule has 0 bridgehead atoms. The molecule has 2 aliphatic heterocycles. The summed E-state index contributed by atoms with van der Waals surface area (Å²) in [5, 5.41) is 0. The average Bonchev–Trinajstić information content (AvgIpc) is 2.53. The predicted octanol–water partition coefficient (Wildman–Crippen LogP) is 3.94. The smallest absolute Gasteiger partial charge is 0.409 e. The molecule has 23 heavy (non-hydrogen) atoms. The highest BCUT2D eigenvalue weighted by Gasteiger charge is 2.42. The van der Waals surface area contributed by atoms with Crippen molar-refractivity contribution in [2.24, 2.45) is 5.92 Å². The maximum Gasteiger partial charge on any atom is 0.409 e. The minimum Gasteiger partial charge on any atom is -0.462 e. The predicted molar refractivity (Wildman–Crippen MR) is 89.3 cm³/mol. The third-order valence-electron chi connectivity index (χ3n) is 4.14. The van der Waals surface area contributed by atoms with Crippen LogP contribution in [0, 0.1) is 5.92 Å². The van der Waals surface area contributed by atoms with Crippen LogP contribution in [-0.4, -0.2) is 36.5 Å². The van der Waals surface area contributed by atoms with Crippen LogP contribution in [0.3, 0.4) is 0 Å². The Morgan fingerprint density at radius 2 is 2.13 bits per heavy atom. The first-order valence-corrected chi connectivity index (χ1v) is 8.80. The third kappa shape index (κ3) is 3.80. The molecule has 5 nitrogen and oxygen atoms in total. The molecule has 3 rings (SSSR count). The van der Waals surface area contributed by atoms with Gasteiger partial charge in [-0.25, -0.2) is 4.79 Å². The van der Waals surface area contributed by atoms with Crippen molar-refractivity contribution in [2.45, 2.75) is 39.1 Å². The molecule has 1 aromatic carbocycles. The number of piperidine rings is 1. The van der Waals surface area contributed by atoms with Crippen molar-refractivity contribution in [3.63, 3.8) is 0 Å². The average molecular weight is 384 g/mol. The molecule has 1 spiro atoms. The van der Waals surface area contributed by atoms with Crippen LogP contribution in [0.1, 0.15) is 32.3 Å². The Kier molecular flexibility index (Phi) is 4.82. The van der Waals surface area contributed by atoms with Crippen LogP contribution in [0.4, 0.5) is 4.79 Å². The van der Waals surface area contributed by atoms with E-state index in [1.165, 1.54) is 0 Å². The Morgan fingerprint density at radius 1 is 1.39 bits per heavy atom. The van der Waals surface area contributed by atoms with E-state index in [0.29, 0.717) is 45.1 Å². The Labute approximate surface area is 145 Å². The van der Waals surface area contributed by atoms with Gasteiger partial charge >= 0.3 is 6.09 Å². The van der Waals surface area contributed by atoms with Crippen molar-refractivity contribution in [1.82, 2.24) is 4.90 Å².